The van der Waals surface area contributed by atoms with Crippen molar-refractivity contribution < 1.29 is 4.39 Å². The van der Waals surface area contributed by atoms with Crippen molar-refractivity contribution in [1.29, 1.82) is 0 Å². The highest BCUT2D eigenvalue weighted by Crippen LogP contribution is 2.23. The lowest BCUT2D eigenvalue weighted by Gasteiger charge is -2.26. The minimum atomic E-state index is -0.183. The second-order valence-corrected chi connectivity index (χ2v) is 4.94. The molecule has 1 aliphatic heterocycles. The Hall–Kier alpha value is -1.39. The quantitative estimate of drug-likeness (QED) is 0.850. The first-order chi connectivity index (χ1) is 8.74. The summed E-state index contributed by atoms with van der Waals surface area (Å²) >= 11 is 0. The molecule has 0 amide bonds. The van der Waals surface area contributed by atoms with Crippen LogP contribution >= 0.6 is 0 Å². The van der Waals surface area contributed by atoms with Gasteiger partial charge >= 0.3 is 0 Å². The van der Waals surface area contributed by atoms with Crippen molar-refractivity contribution in [2.24, 2.45) is 0 Å². The van der Waals surface area contributed by atoms with Gasteiger partial charge in [-0.05, 0) is 30.7 Å². The van der Waals surface area contributed by atoms with Crippen molar-refractivity contribution in [3.63, 3.8) is 0 Å². The first-order valence-electron chi connectivity index (χ1n) is 6.44. The third kappa shape index (κ3) is 2.13. The summed E-state index contributed by atoms with van der Waals surface area (Å²) in [6, 6.07) is 4.96. The monoisotopic (exact) mass is 247 g/mol. The summed E-state index contributed by atoms with van der Waals surface area (Å²) in [7, 11) is 0. The number of hydrogen-bond acceptors (Lipinski definition) is 2. The van der Waals surface area contributed by atoms with E-state index in [0.29, 0.717) is 0 Å². The van der Waals surface area contributed by atoms with Crippen LogP contribution in [0.25, 0.3) is 10.9 Å². The molecular weight excluding hydrogens is 229 g/mol. The third-order valence-electron chi connectivity index (χ3n) is 3.72. The van der Waals surface area contributed by atoms with Crippen molar-refractivity contribution in [2.45, 2.75) is 13.5 Å². The molecule has 0 bridgehead atoms. The van der Waals surface area contributed by atoms with Gasteiger partial charge in [0.1, 0.15) is 5.82 Å². The van der Waals surface area contributed by atoms with Crippen LogP contribution in [-0.2, 0) is 6.54 Å². The molecule has 0 spiro atoms. The number of fused-ring (bicyclic) bond motifs is 1. The van der Waals surface area contributed by atoms with E-state index in [1.807, 2.05) is 6.07 Å². The molecule has 1 aromatic carbocycles. The van der Waals surface area contributed by atoms with Gasteiger partial charge in [0.15, 0.2) is 0 Å². The summed E-state index contributed by atoms with van der Waals surface area (Å²) in [6.45, 7) is 7.27. The number of halogens is 1. The van der Waals surface area contributed by atoms with E-state index in [1.54, 1.807) is 6.07 Å². The summed E-state index contributed by atoms with van der Waals surface area (Å²) in [4.78, 5) is 5.77. The van der Waals surface area contributed by atoms with E-state index < -0.39 is 0 Å². The third-order valence-corrected chi connectivity index (χ3v) is 3.72. The van der Waals surface area contributed by atoms with Crippen LogP contribution in [0.5, 0.6) is 0 Å². The van der Waals surface area contributed by atoms with E-state index in [2.05, 4.69) is 22.1 Å². The zero-order chi connectivity index (χ0) is 12.5. The van der Waals surface area contributed by atoms with Crippen molar-refractivity contribution in [2.75, 3.05) is 26.2 Å². The zero-order valence-electron chi connectivity index (χ0n) is 10.6. The van der Waals surface area contributed by atoms with Crippen LogP contribution in [0.3, 0.4) is 0 Å². The lowest BCUT2D eigenvalue weighted by molar-refractivity contribution is 0.231. The fourth-order valence-corrected chi connectivity index (χ4v) is 2.62. The molecule has 1 aromatic heterocycles. The molecule has 0 saturated carbocycles. The van der Waals surface area contributed by atoms with Crippen LogP contribution in [-0.4, -0.2) is 36.1 Å². The van der Waals surface area contributed by atoms with E-state index in [1.165, 1.54) is 17.3 Å². The number of nitrogens with one attached hydrogen (secondary N) is 2. The Kier molecular flexibility index (Phi) is 3.06. The van der Waals surface area contributed by atoms with Crippen LogP contribution in [0, 0.1) is 12.7 Å². The summed E-state index contributed by atoms with van der Waals surface area (Å²) in [5.74, 6) is -0.183. The molecule has 18 heavy (non-hydrogen) atoms. The molecule has 0 atom stereocenters. The van der Waals surface area contributed by atoms with E-state index >= 15 is 0 Å². The SMILES string of the molecule is Cc1c(CN2CCNCC2)[nH]c2cc(F)ccc12. The molecule has 1 saturated heterocycles. The van der Waals surface area contributed by atoms with Crippen molar-refractivity contribution in [3.8, 4) is 0 Å². The largest absolute Gasteiger partial charge is 0.357 e. The topological polar surface area (TPSA) is 31.1 Å². The molecule has 1 fully saturated rings. The van der Waals surface area contributed by atoms with Gasteiger partial charge in [-0.15, -0.1) is 0 Å². The van der Waals surface area contributed by atoms with Crippen LogP contribution < -0.4 is 5.32 Å². The summed E-state index contributed by atoms with van der Waals surface area (Å²) < 4.78 is 13.2. The number of benzene rings is 1. The molecule has 2 heterocycles. The first kappa shape index (κ1) is 11.7. The van der Waals surface area contributed by atoms with Gasteiger partial charge in [0.2, 0.25) is 0 Å². The molecular formula is C14H18FN3. The Morgan fingerprint density at radius 3 is 2.83 bits per heavy atom. The Balaban J connectivity index is 1.89. The molecule has 2 aromatic rings. The first-order valence-corrected chi connectivity index (χ1v) is 6.44. The van der Waals surface area contributed by atoms with Crippen LogP contribution in [0.15, 0.2) is 18.2 Å². The highest BCUT2D eigenvalue weighted by molar-refractivity contribution is 5.84. The second-order valence-electron chi connectivity index (χ2n) is 4.94. The molecule has 2 N–H and O–H groups in total. The molecule has 96 valence electrons. The number of aromatic nitrogens is 1. The lowest BCUT2D eigenvalue weighted by Crippen LogP contribution is -2.43. The van der Waals surface area contributed by atoms with E-state index in [4.69, 9.17) is 0 Å². The van der Waals surface area contributed by atoms with Crippen LogP contribution in [0.4, 0.5) is 4.39 Å². The normalized spacial score (nSPS) is 17.4. The van der Waals surface area contributed by atoms with Gasteiger partial charge in [-0.1, -0.05) is 0 Å². The predicted octanol–water partition coefficient (Wildman–Crippen LogP) is 2.02. The van der Waals surface area contributed by atoms with Crippen molar-refractivity contribution >= 4 is 10.9 Å². The maximum Gasteiger partial charge on any atom is 0.125 e. The smallest absolute Gasteiger partial charge is 0.125 e. The average Bonchev–Trinajstić information content (AvgIpc) is 2.67. The average molecular weight is 247 g/mol. The van der Waals surface area contributed by atoms with Gasteiger partial charge in [-0.2, -0.15) is 0 Å². The fraction of sp³-hybridized carbons (Fsp3) is 0.429. The van der Waals surface area contributed by atoms with Gasteiger partial charge < -0.3 is 10.3 Å². The Bertz CT molecular complexity index is 555. The Labute approximate surface area is 106 Å². The number of hydrogen-bond donors (Lipinski definition) is 2. The van der Waals surface area contributed by atoms with Gasteiger partial charge in [-0.3, -0.25) is 4.90 Å². The maximum atomic E-state index is 13.2. The number of nitrogens with zero attached hydrogens (tertiary/aromatic N) is 1. The Morgan fingerprint density at radius 1 is 1.28 bits per heavy atom. The molecule has 1 aliphatic rings. The van der Waals surface area contributed by atoms with Gasteiger partial charge in [0, 0.05) is 49.3 Å². The maximum absolute atomic E-state index is 13.2. The van der Waals surface area contributed by atoms with Gasteiger partial charge in [0.25, 0.3) is 0 Å². The molecule has 3 nitrogen and oxygen atoms in total. The summed E-state index contributed by atoms with van der Waals surface area (Å²) in [5, 5.41) is 4.47. The minimum Gasteiger partial charge on any atom is -0.357 e. The highest BCUT2D eigenvalue weighted by Gasteiger charge is 2.14. The van der Waals surface area contributed by atoms with Gasteiger partial charge in [0.05, 0.1) is 0 Å². The standard InChI is InChI=1S/C14H18FN3/c1-10-12-3-2-11(15)8-13(12)17-14(10)9-18-6-4-16-5-7-18/h2-3,8,16-17H,4-7,9H2,1H3. The number of aryl methyl sites for hydroxylation is 1. The van der Waals surface area contributed by atoms with E-state index in [9.17, 15) is 4.39 Å². The Morgan fingerprint density at radius 2 is 2.06 bits per heavy atom. The summed E-state index contributed by atoms with van der Waals surface area (Å²) in [5.41, 5.74) is 3.35. The molecule has 0 unspecified atom stereocenters. The van der Waals surface area contributed by atoms with Crippen LogP contribution in [0.1, 0.15) is 11.3 Å². The number of H-pyrrole nitrogens is 1. The zero-order valence-corrected chi connectivity index (χ0v) is 10.6. The highest BCUT2D eigenvalue weighted by atomic mass is 19.1. The van der Waals surface area contributed by atoms with E-state index in [0.717, 1.165) is 43.6 Å². The van der Waals surface area contributed by atoms with Gasteiger partial charge in [-0.25, -0.2) is 4.39 Å². The predicted molar refractivity (Wildman–Crippen MR) is 71.1 cm³/mol. The molecule has 0 radical (unpaired) electrons. The lowest BCUT2D eigenvalue weighted by atomic mass is 10.1. The number of rotatable bonds is 2. The molecule has 4 heteroatoms. The number of aromatic amines is 1. The minimum absolute atomic E-state index is 0.183. The van der Waals surface area contributed by atoms with Crippen LogP contribution in [0.2, 0.25) is 0 Å². The van der Waals surface area contributed by atoms with Crippen molar-refractivity contribution in [1.82, 2.24) is 15.2 Å². The second kappa shape index (κ2) is 4.71. The fourth-order valence-electron chi connectivity index (χ4n) is 2.62. The molecule has 3 rings (SSSR count). The number of piperazine rings is 1. The van der Waals surface area contributed by atoms with Crippen molar-refractivity contribution in [3.05, 3.63) is 35.3 Å². The van der Waals surface area contributed by atoms with E-state index in [-0.39, 0.29) is 5.82 Å². The summed E-state index contributed by atoms with van der Waals surface area (Å²) in [6.07, 6.45) is 0. The molecule has 0 aliphatic carbocycles.